The average Bonchev–Trinajstić information content (AvgIpc) is 2.82. The number of nitrogens with one attached hydrogen (secondary N) is 1. The molecular formula is C13H18N4. The van der Waals surface area contributed by atoms with Crippen molar-refractivity contribution in [3.8, 4) is 0 Å². The zero-order valence-corrected chi connectivity index (χ0v) is 10.1. The Hall–Kier alpha value is -1.42. The molecule has 2 unspecified atom stereocenters. The smallest absolute Gasteiger partial charge is 0.0797 e. The highest BCUT2D eigenvalue weighted by Gasteiger charge is 2.36. The molecule has 3 heterocycles. The fourth-order valence-corrected chi connectivity index (χ4v) is 2.77. The molecule has 4 nitrogen and oxygen atoms in total. The maximum absolute atomic E-state index is 4.50. The second-order valence-corrected chi connectivity index (χ2v) is 4.75. The molecule has 2 atom stereocenters. The van der Waals surface area contributed by atoms with Crippen molar-refractivity contribution in [1.29, 1.82) is 0 Å². The van der Waals surface area contributed by atoms with Gasteiger partial charge in [-0.05, 0) is 18.2 Å². The van der Waals surface area contributed by atoms with E-state index in [0.29, 0.717) is 12.0 Å². The van der Waals surface area contributed by atoms with Gasteiger partial charge >= 0.3 is 0 Å². The predicted octanol–water partition coefficient (Wildman–Crippen LogP) is 1.42. The zero-order valence-electron chi connectivity index (χ0n) is 10.1. The number of rotatable bonds is 2. The van der Waals surface area contributed by atoms with Gasteiger partial charge in [-0.15, -0.1) is 0 Å². The summed E-state index contributed by atoms with van der Waals surface area (Å²) in [4.78, 5) is 6.70. The molecule has 0 aromatic carbocycles. The lowest BCUT2D eigenvalue weighted by Gasteiger charge is -2.32. The first-order valence-electron chi connectivity index (χ1n) is 6.32. The van der Waals surface area contributed by atoms with Gasteiger partial charge < -0.3 is 10.3 Å². The third-order valence-electron chi connectivity index (χ3n) is 3.81. The predicted molar refractivity (Wildman–Crippen MR) is 67.8 cm³/mol. The second kappa shape index (κ2) is 4.45. The molecule has 0 bridgehead atoms. The monoisotopic (exact) mass is 230 g/mol. The summed E-state index contributed by atoms with van der Waals surface area (Å²) >= 11 is 0. The number of hydrogen-bond acceptors (Lipinski definition) is 4. The van der Waals surface area contributed by atoms with Gasteiger partial charge in [0.2, 0.25) is 0 Å². The van der Waals surface area contributed by atoms with Crippen LogP contribution in [0.25, 0.3) is 0 Å². The summed E-state index contributed by atoms with van der Waals surface area (Å²) in [6.07, 6.45) is 4.86. The Labute approximate surface area is 102 Å². The lowest BCUT2D eigenvalue weighted by atomic mass is 9.87. The van der Waals surface area contributed by atoms with Gasteiger partial charge in [0.15, 0.2) is 0 Å². The molecule has 2 aliphatic heterocycles. The van der Waals surface area contributed by atoms with Gasteiger partial charge in [-0.1, -0.05) is 13.0 Å². The fourth-order valence-electron chi connectivity index (χ4n) is 2.77. The number of hydrazone groups is 1. The highest BCUT2D eigenvalue weighted by atomic mass is 15.4. The lowest BCUT2D eigenvalue weighted by molar-refractivity contribution is 0.238. The van der Waals surface area contributed by atoms with Crippen molar-refractivity contribution in [3.63, 3.8) is 0 Å². The van der Waals surface area contributed by atoms with Gasteiger partial charge in [-0.25, -0.2) is 0 Å². The molecule has 0 saturated carbocycles. The van der Waals surface area contributed by atoms with Crippen LogP contribution in [0.2, 0.25) is 0 Å². The molecule has 0 radical (unpaired) electrons. The van der Waals surface area contributed by atoms with Crippen LogP contribution in [-0.4, -0.2) is 35.2 Å². The minimum atomic E-state index is 0.313. The SMILES string of the molecule is CCN1CCC2=NNC(c3cccnc3)C2C1. The van der Waals surface area contributed by atoms with E-state index in [1.807, 2.05) is 18.5 Å². The summed E-state index contributed by atoms with van der Waals surface area (Å²) in [5.74, 6) is 0.521. The standard InChI is InChI=1S/C13H18N4/c1-2-17-7-5-12-11(9-17)13(16-15-12)10-4-3-6-14-8-10/h3-4,6,8,11,13,16H,2,5,7,9H2,1H3. The van der Waals surface area contributed by atoms with E-state index >= 15 is 0 Å². The Morgan fingerprint density at radius 2 is 2.47 bits per heavy atom. The van der Waals surface area contributed by atoms with Crippen LogP contribution >= 0.6 is 0 Å². The maximum Gasteiger partial charge on any atom is 0.0797 e. The van der Waals surface area contributed by atoms with Gasteiger partial charge in [-0.2, -0.15) is 5.10 Å². The van der Waals surface area contributed by atoms with Crippen LogP contribution in [0, 0.1) is 5.92 Å². The Balaban J connectivity index is 1.81. The molecule has 17 heavy (non-hydrogen) atoms. The van der Waals surface area contributed by atoms with Crippen molar-refractivity contribution in [2.45, 2.75) is 19.4 Å². The Morgan fingerprint density at radius 1 is 1.53 bits per heavy atom. The van der Waals surface area contributed by atoms with Crippen LogP contribution in [0.1, 0.15) is 24.9 Å². The lowest BCUT2D eigenvalue weighted by Crippen LogP contribution is -2.41. The van der Waals surface area contributed by atoms with Crippen LogP contribution in [0.4, 0.5) is 0 Å². The van der Waals surface area contributed by atoms with Crippen molar-refractivity contribution in [3.05, 3.63) is 30.1 Å². The van der Waals surface area contributed by atoms with Crippen LogP contribution in [-0.2, 0) is 0 Å². The van der Waals surface area contributed by atoms with E-state index in [0.717, 1.165) is 26.1 Å². The number of fused-ring (bicyclic) bond motifs is 1. The van der Waals surface area contributed by atoms with Crippen molar-refractivity contribution in [2.75, 3.05) is 19.6 Å². The van der Waals surface area contributed by atoms with E-state index in [1.54, 1.807) is 0 Å². The first-order valence-corrected chi connectivity index (χ1v) is 6.32. The molecular weight excluding hydrogens is 212 g/mol. The number of piperidine rings is 1. The molecule has 1 saturated heterocycles. The molecule has 4 heteroatoms. The molecule has 2 aliphatic rings. The summed E-state index contributed by atoms with van der Waals surface area (Å²) in [5.41, 5.74) is 5.86. The van der Waals surface area contributed by atoms with Gasteiger partial charge in [0.05, 0.1) is 6.04 Å². The van der Waals surface area contributed by atoms with Crippen molar-refractivity contribution in [1.82, 2.24) is 15.3 Å². The van der Waals surface area contributed by atoms with Gasteiger partial charge in [-0.3, -0.25) is 4.98 Å². The third kappa shape index (κ3) is 1.93. The Morgan fingerprint density at radius 3 is 3.24 bits per heavy atom. The van der Waals surface area contributed by atoms with Crippen LogP contribution < -0.4 is 5.43 Å². The first-order chi connectivity index (χ1) is 8.38. The van der Waals surface area contributed by atoms with Gasteiger partial charge in [0.25, 0.3) is 0 Å². The van der Waals surface area contributed by atoms with E-state index < -0.39 is 0 Å². The number of pyridine rings is 1. The quantitative estimate of drug-likeness (QED) is 0.835. The maximum atomic E-state index is 4.50. The summed E-state index contributed by atoms with van der Waals surface area (Å²) in [5, 5.41) is 4.50. The molecule has 90 valence electrons. The normalized spacial score (nSPS) is 28.4. The van der Waals surface area contributed by atoms with Crippen molar-refractivity contribution >= 4 is 5.71 Å². The average molecular weight is 230 g/mol. The number of hydrogen-bond donors (Lipinski definition) is 1. The van der Waals surface area contributed by atoms with Gasteiger partial charge in [0, 0.05) is 43.5 Å². The summed E-state index contributed by atoms with van der Waals surface area (Å²) in [7, 11) is 0. The molecule has 3 rings (SSSR count). The van der Waals surface area contributed by atoms with Crippen molar-refractivity contribution < 1.29 is 0 Å². The fraction of sp³-hybridized carbons (Fsp3) is 0.538. The van der Waals surface area contributed by atoms with E-state index in [-0.39, 0.29) is 0 Å². The zero-order chi connectivity index (χ0) is 11.7. The minimum absolute atomic E-state index is 0.313. The van der Waals surface area contributed by atoms with E-state index in [9.17, 15) is 0 Å². The Kier molecular flexibility index (Phi) is 2.81. The molecule has 1 aromatic rings. The second-order valence-electron chi connectivity index (χ2n) is 4.75. The van der Waals surface area contributed by atoms with E-state index in [4.69, 9.17) is 0 Å². The third-order valence-corrected chi connectivity index (χ3v) is 3.81. The summed E-state index contributed by atoms with van der Waals surface area (Å²) < 4.78 is 0. The first kappa shape index (κ1) is 10.7. The molecule has 1 fully saturated rings. The van der Waals surface area contributed by atoms with Crippen LogP contribution in [0.5, 0.6) is 0 Å². The van der Waals surface area contributed by atoms with E-state index in [1.165, 1.54) is 11.3 Å². The molecule has 0 spiro atoms. The van der Waals surface area contributed by atoms with E-state index in [2.05, 4.69) is 33.4 Å². The van der Waals surface area contributed by atoms with Crippen LogP contribution in [0.3, 0.4) is 0 Å². The molecule has 1 N–H and O–H groups in total. The minimum Gasteiger partial charge on any atom is -0.302 e. The topological polar surface area (TPSA) is 40.5 Å². The summed E-state index contributed by atoms with van der Waals surface area (Å²) in [6, 6.07) is 4.44. The van der Waals surface area contributed by atoms with Crippen molar-refractivity contribution in [2.24, 2.45) is 11.0 Å². The molecule has 0 amide bonds. The highest BCUT2D eigenvalue weighted by Crippen LogP contribution is 2.31. The summed E-state index contributed by atoms with van der Waals surface area (Å²) in [6.45, 7) is 5.61. The number of likely N-dealkylation sites (tertiary alicyclic amines) is 1. The largest absolute Gasteiger partial charge is 0.302 e. The Bertz CT molecular complexity index is 415. The van der Waals surface area contributed by atoms with Crippen LogP contribution in [0.15, 0.2) is 29.6 Å². The van der Waals surface area contributed by atoms with Gasteiger partial charge in [0.1, 0.15) is 0 Å². The molecule has 0 aliphatic carbocycles. The number of nitrogens with zero attached hydrogens (tertiary/aromatic N) is 3. The highest BCUT2D eigenvalue weighted by molar-refractivity contribution is 5.89. The number of aromatic nitrogens is 1. The molecule has 1 aromatic heterocycles.